The van der Waals surface area contributed by atoms with Gasteiger partial charge in [0.25, 0.3) is 5.91 Å². The minimum absolute atomic E-state index is 0.0206. The maximum Gasteiger partial charge on any atom is 0.275 e. The first kappa shape index (κ1) is 21.5. The molecule has 33 heavy (non-hydrogen) atoms. The summed E-state index contributed by atoms with van der Waals surface area (Å²) in [5, 5.41) is 4.77. The molecule has 4 heterocycles. The summed E-state index contributed by atoms with van der Waals surface area (Å²) in [7, 11) is 1.64. The molecule has 1 aromatic carbocycles. The number of nitrogens with zero attached hydrogens (tertiary/aromatic N) is 5. The second-order valence-electron chi connectivity index (χ2n) is 8.49. The second kappa shape index (κ2) is 9.23. The van der Waals surface area contributed by atoms with E-state index in [1.165, 1.54) is 0 Å². The average Bonchev–Trinajstić information content (AvgIpc) is 3.15. The summed E-state index contributed by atoms with van der Waals surface area (Å²) in [4.78, 5) is 22.6. The van der Waals surface area contributed by atoms with Crippen LogP contribution in [0.15, 0.2) is 48.7 Å². The summed E-state index contributed by atoms with van der Waals surface area (Å²) in [6, 6.07) is 14.0. The molecule has 0 bridgehead atoms. The van der Waals surface area contributed by atoms with Crippen molar-refractivity contribution in [3.8, 4) is 16.9 Å². The van der Waals surface area contributed by atoms with Crippen LogP contribution in [0, 0.1) is 0 Å². The normalized spacial score (nSPS) is 18.5. The van der Waals surface area contributed by atoms with Gasteiger partial charge in [0.15, 0.2) is 5.69 Å². The first-order valence-electron chi connectivity index (χ1n) is 11.4. The number of benzene rings is 1. The van der Waals surface area contributed by atoms with Crippen LogP contribution in [0.2, 0.25) is 0 Å². The standard InChI is InChI=1S/C25H29N5O3/c1-18-10-11-28(22-9-8-20(32-2)16-26-22)12-13-29(18)25(31)24-23(19-6-4-3-5-7-19)21-17-33-15-14-30(21)27-24/h3-9,16,18H,10-15,17H2,1-2H3/t18-/m1/s1. The molecule has 1 amide bonds. The molecular formula is C25H29N5O3. The van der Waals surface area contributed by atoms with Gasteiger partial charge in [-0.1, -0.05) is 30.3 Å². The van der Waals surface area contributed by atoms with E-state index in [0.717, 1.165) is 41.4 Å². The quantitative estimate of drug-likeness (QED) is 0.612. The molecule has 2 aromatic heterocycles. The zero-order chi connectivity index (χ0) is 22.8. The lowest BCUT2D eigenvalue weighted by Crippen LogP contribution is -2.40. The van der Waals surface area contributed by atoms with Crippen LogP contribution >= 0.6 is 0 Å². The van der Waals surface area contributed by atoms with Crippen LogP contribution < -0.4 is 9.64 Å². The van der Waals surface area contributed by atoms with Gasteiger partial charge in [0.1, 0.15) is 11.6 Å². The fourth-order valence-corrected chi connectivity index (χ4v) is 4.61. The van der Waals surface area contributed by atoms with Crippen LogP contribution in [0.4, 0.5) is 5.82 Å². The van der Waals surface area contributed by atoms with E-state index in [1.54, 1.807) is 13.3 Å². The van der Waals surface area contributed by atoms with Crippen LogP contribution in [0.25, 0.3) is 11.1 Å². The molecule has 1 atom stereocenters. The Labute approximate surface area is 193 Å². The molecule has 0 saturated carbocycles. The second-order valence-corrected chi connectivity index (χ2v) is 8.49. The number of anilines is 1. The maximum atomic E-state index is 13.9. The number of aromatic nitrogens is 3. The summed E-state index contributed by atoms with van der Waals surface area (Å²) in [6.45, 7) is 6.02. The van der Waals surface area contributed by atoms with Crippen LogP contribution in [-0.2, 0) is 17.9 Å². The lowest BCUT2D eigenvalue weighted by atomic mass is 10.0. The summed E-state index contributed by atoms with van der Waals surface area (Å²) in [5.41, 5.74) is 3.39. The molecule has 8 nitrogen and oxygen atoms in total. The molecule has 2 aliphatic rings. The molecule has 0 aliphatic carbocycles. The molecule has 172 valence electrons. The minimum Gasteiger partial charge on any atom is -0.495 e. The number of pyridine rings is 1. The Morgan fingerprint density at radius 3 is 2.70 bits per heavy atom. The highest BCUT2D eigenvalue weighted by atomic mass is 16.5. The number of carbonyl (C=O) groups is 1. The number of methoxy groups -OCH3 is 1. The number of hydrogen-bond acceptors (Lipinski definition) is 6. The molecule has 1 fully saturated rings. The van der Waals surface area contributed by atoms with Crippen molar-refractivity contribution in [3.05, 3.63) is 60.0 Å². The van der Waals surface area contributed by atoms with Crippen molar-refractivity contribution in [1.82, 2.24) is 19.7 Å². The summed E-state index contributed by atoms with van der Waals surface area (Å²) in [5.74, 6) is 1.62. The fraction of sp³-hybridized carbons (Fsp3) is 0.400. The highest BCUT2D eigenvalue weighted by molar-refractivity contribution is 6.00. The Morgan fingerprint density at radius 2 is 1.94 bits per heavy atom. The fourth-order valence-electron chi connectivity index (χ4n) is 4.61. The van der Waals surface area contributed by atoms with Gasteiger partial charge >= 0.3 is 0 Å². The van der Waals surface area contributed by atoms with Crippen LogP contribution in [-0.4, -0.2) is 65.0 Å². The van der Waals surface area contributed by atoms with Crippen LogP contribution in [0.1, 0.15) is 29.5 Å². The van der Waals surface area contributed by atoms with Gasteiger partial charge in [-0.3, -0.25) is 9.48 Å². The maximum absolute atomic E-state index is 13.9. The SMILES string of the molecule is COc1ccc(N2CC[C@@H](C)N(C(=O)c3nn4c(c3-c3ccccc3)COCC4)CC2)nc1. The highest BCUT2D eigenvalue weighted by Gasteiger charge is 2.32. The van der Waals surface area contributed by atoms with E-state index in [2.05, 4.69) is 16.8 Å². The largest absolute Gasteiger partial charge is 0.495 e. The van der Waals surface area contributed by atoms with E-state index < -0.39 is 0 Å². The Bertz CT molecular complexity index is 1110. The van der Waals surface area contributed by atoms with Crippen molar-refractivity contribution in [1.29, 1.82) is 0 Å². The van der Waals surface area contributed by atoms with Crippen molar-refractivity contribution in [2.24, 2.45) is 0 Å². The number of carbonyl (C=O) groups excluding carboxylic acids is 1. The topological polar surface area (TPSA) is 72.7 Å². The van der Waals surface area contributed by atoms with Crippen molar-refractivity contribution in [2.75, 3.05) is 38.3 Å². The molecular weight excluding hydrogens is 418 g/mol. The Balaban J connectivity index is 1.43. The van der Waals surface area contributed by atoms with Gasteiger partial charge in [-0.05, 0) is 31.0 Å². The Kier molecular flexibility index (Phi) is 6.00. The smallest absolute Gasteiger partial charge is 0.275 e. The van der Waals surface area contributed by atoms with Gasteiger partial charge in [0, 0.05) is 31.2 Å². The van der Waals surface area contributed by atoms with E-state index in [1.807, 2.05) is 52.0 Å². The molecule has 8 heteroatoms. The molecule has 0 spiro atoms. The Morgan fingerprint density at radius 1 is 1.09 bits per heavy atom. The van der Waals surface area contributed by atoms with Crippen molar-refractivity contribution >= 4 is 11.7 Å². The molecule has 5 rings (SSSR count). The zero-order valence-corrected chi connectivity index (χ0v) is 19.1. The van der Waals surface area contributed by atoms with E-state index >= 15 is 0 Å². The third-order valence-electron chi connectivity index (χ3n) is 6.51. The van der Waals surface area contributed by atoms with Gasteiger partial charge in [0.2, 0.25) is 0 Å². The first-order chi connectivity index (χ1) is 16.2. The minimum atomic E-state index is -0.0206. The van der Waals surface area contributed by atoms with Gasteiger partial charge in [-0.2, -0.15) is 5.10 Å². The third kappa shape index (κ3) is 4.18. The molecule has 3 aromatic rings. The van der Waals surface area contributed by atoms with E-state index in [9.17, 15) is 4.79 Å². The number of fused-ring (bicyclic) bond motifs is 1. The lowest BCUT2D eigenvalue weighted by molar-refractivity contribution is 0.0693. The molecule has 1 saturated heterocycles. The summed E-state index contributed by atoms with van der Waals surface area (Å²) < 4.78 is 12.9. The molecule has 0 N–H and O–H groups in total. The van der Waals surface area contributed by atoms with E-state index in [4.69, 9.17) is 14.6 Å². The van der Waals surface area contributed by atoms with Gasteiger partial charge in [0.05, 0.1) is 38.8 Å². The van der Waals surface area contributed by atoms with Crippen LogP contribution in [0.5, 0.6) is 5.75 Å². The molecule has 0 radical (unpaired) electrons. The third-order valence-corrected chi connectivity index (χ3v) is 6.51. The average molecular weight is 448 g/mol. The predicted octanol–water partition coefficient (Wildman–Crippen LogP) is 3.22. The number of ether oxygens (including phenoxy) is 2. The van der Waals surface area contributed by atoms with Crippen LogP contribution in [0.3, 0.4) is 0 Å². The van der Waals surface area contributed by atoms with E-state index in [0.29, 0.717) is 38.5 Å². The van der Waals surface area contributed by atoms with Gasteiger partial charge < -0.3 is 19.3 Å². The monoisotopic (exact) mass is 447 g/mol. The van der Waals surface area contributed by atoms with Crippen molar-refractivity contribution < 1.29 is 14.3 Å². The predicted molar refractivity (Wildman–Crippen MR) is 125 cm³/mol. The van der Waals surface area contributed by atoms with Gasteiger partial charge in [-0.15, -0.1) is 0 Å². The highest BCUT2D eigenvalue weighted by Crippen LogP contribution is 2.31. The van der Waals surface area contributed by atoms with Gasteiger partial charge in [-0.25, -0.2) is 4.98 Å². The first-order valence-corrected chi connectivity index (χ1v) is 11.4. The van der Waals surface area contributed by atoms with Crippen molar-refractivity contribution in [2.45, 2.75) is 32.5 Å². The molecule has 0 unspecified atom stereocenters. The number of amides is 1. The lowest BCUT2D eigenvalue weighted by Gasteiger charge is -2.26. The zero-order valence-electron chi connectivity index (χ0n) is 19.1. The van der Waals surface area contributed by atoms with E-state index in [-0.39, 0.29) is 11.9 Å². The number of hydrogen-bond donors (Lipinski definition) is 0. The summed E-state index contributed by atoms with van der Waals surface area (Å²) in [6.07, 6.45) is 2.59. The summed E-state index contributed by atoms with van der Waals surface area (Å²) >= 11 is 0. The number of rotatable bonds is 4. The molecule has 2 aliphatic heterocycles. The van der Waals surface area contributed by atoms with Crippen molar-refractivity contribution in [3.63, 3.8) is 0 Å². The Hall–Kier alpha value is -3.39.